The predicted molar refractivity (Wildman–Crippen MR) is 98.3 cm³/mol. The summed E-state index contributed by atoms with van der Waals surface area (Å²) in [7, 11) is 0. The zero-order valence-corrected chi connectivity index (χ0v) is 15.4. The van der Waals surface area contributed by atoms with Crippen molar-refractivity contribution >= 4 is 5.91 Å². The number of nitrogens with zero attached hydrogens (tertiary/aromatic N) is 1. The third-order valence-corrected chi connectivity index (χ3v) is 6.18. The molecule has 3 heterocycles. The molecular weight excluding hydrogens is 330 g/mol. The van der Waals surface area contributed by atoms with Gasteiger partial charge in [0.05, 0.1) is 25.4 Å². The van der Waals surface area contributed by atoms with Gasteiger partial charge in [0.1, 0.15) is 5.75 Å². The Morgan fingerprint density at radius 2 is 2.19 bits per heavy atom. The Kier molecular flexibility index (Phi) is 4.76. The minimum absolute atomic E-state index is 0.0638. The molecule has 0 saturated carbocycles. The molecule has 0 bridgehead atoms. The molecule has 26 heavy (non-hydrogen) atoms. The summed E-state index contributed by atoms with van der Waals surface area (Å²) in [5.41, 5.74) is 2.64. The normalized spacial score (nSPS) is 29.0. The topological polar surface area (TPSA) is 59.0 Å². The number of hydrogen-bond acceptors (Lipinski definition) is 4. The lowest BCUT2D eigenvalue weighted by Crippen LogP contribution is -2.59. The van der Waals surface area contributed by atoms with E-state index in [9.17, 15) is 9.90 Å². The minimum Gasteiger partial charge on any atom is -0.507 e. The standard InChI is InChI=1S/C21H27NO4/c1-15-3-4-17(18(23)13-15)20(24)22-9-2-8-21(14-26-12-7-19(21)22)16-5-10-25-11-6-16/h3-5,13,19,23H,2,6-12,14H2,1H3/t19-,21-/m1/s1. The number of phenols is 1. The summed E-state index contributed by atoms with van der Waals surface area (Å²) in [6, 6.07) is 5.42. The number of likely N-dealkylation sites (tertiary alicyclic amines) is 1. The van der Waals surface area contributed by atoms with Crippen LogP contribution in [0, 0.1) is 12.3 Å². The second-order valence-electron chi connectivity index (χ2n) is 7.69. The number of amides is 1. The highest BCUT2D eigenvalue weighted by Crippen LogP contribution is 2.48. The van der Waals surface area contributed by atoms with E-state index in [2.05, 4.69) is 6.08 Å². The molecule has 4 rings (SSSR count). The monoisotopic (exact) mass is 357 g/mol. The third kappa shape index (κ3) is 2.93. The molecule has 1 aromatic rings. The molecule has 2 saturated heterocycles. The molecule has 0 aromatic heterocycles. The molecule has 0 aliphatic carbocycles. The Labute approximate surface area is 154 Å². The van der Waals surface area contributed by atoms with E-state index in [4.69, 9.17) is 9.47 Å². The fraction of sp³-hybridized carbons (Fsp3) is 0.571. The first-order valence-corrected chi connectivity index (χ1v) is 9.57. The maximum absolute atomic E-state index is 13.3. The van der Waals surface area contributed by atoms with Crippen molar-refractivity contribution < 1.29 is 19.4 Å². The van der Waals surface area contributed by atoms with Crippen LogP contribution in [-0.4, -0.2) is 54.9 Å². The van der Waals surface area contributed by atoms with E-state index in [1.54, 1.807) is 12.1 Å². The highest BCUT2D eigenvalue weighted by atomic mass is 16.5. The number of benzene rings is 1. The van der Waals surface area contributed by atoms with Gasteiger partial charge in [-0.15, -0.1) is 0 Å². The summed E-state index contributed by atoms with van der Waals surface area (Å²) in [6.45, 7) is 5.40. The molecule has 2 fully saturated rings. The predicted octanol–water partition coefficient (Wildman–Crippen LogP) is 3.06. The molecular formula is C21H27NO4. The molecule has 3 aliphatic rings. The molecule has 0 radical (unpaired) electrons. The first-order chi connectivity index (χ1) is 12.6. The van der Waals surface area contributed by atoms with Crippen LogP contribution in [0.25, 0.3) is 0 Å². The smallest absolute Gasteiger partial charge is 0.257 e. The Morgan fingerprint density at radius 3 is 2.96 bits per heavy atom. The van der Waals surface area contributed by atoms with Gasteiger partial charge < -0.3 is 19.5 Å². The molecule has 3 aliphatic heterocycles. The second kappa shape index (κ2) is 7.05. The van der Waals surface area contributed by atoms with Gasteiger partial charge >= 0.3 is 0 Å². The molecule has 140 valence electrons. The fourth-order valence-electron chi connectivity index (χ4n) is 4.90. The highest BCUT2D eigenvalue weighted by molar-refractivity contribution is 5.97. The van der Waals surface area contributed by atoms with Crippen LogP contribution in [-0.2, 0) is 9.47 Å². The largest absolute Gasteiger partial charge is 0.507 e. The fourth-order valence-corrected chi connectivity index (χ4v) is 4.90. The van der Waals surface area contributed by atoms with Gasteiger partial charge in [-0.05, 0) is 50.3 Å². The SMILES string of the molecule is Cc1ccc(C(=O)N2CCC[C@]3(C4=CCOCC4)COCC[C@@H]23)c(O)c1. The molecule has 1 amide bonds. The number of aromatic hydroxyl groups is 1. The van der Waals surface area contributed by atoms with Gasteiger partial charge in [-0.3, -0.25) is 4.79 Å². The lowest BCUT2D eigenvalue weighted by atomic mass is 9.65. The minimum atomic E-state index is -0.101. The third-order valence-electron chi connectivity index (χ3n) is 6.18. The first kappa shape index (κ1) is 17.6. The highest BCUT2D eigenvalue weighted by Gasteiger charge is 2.50. The maximum atomic E-state index is 13.3. The average molecular weight is 357 g/mol. The Balaban J connectivity index is 1.68. The zero-order chi connectivity index (χ0) is 18.1. The number of ether oxygens (including phenoxy) is 2. The Morgan fingerprint density at radius 1 is 1.31 bits per heavy atom. The number of aryl methyl sites for hydroxylation is 1. The number of piperidine rings is 1. The van der Waals surface area contributed by atoms with Crippen molar-refractivity contribution in [3.63, 3.8) is 0 Å². The van der Waals surface area contributed by atoms with Crippen LogP contribution >= 0.6 is 0 Å². The lowest BCUT2D eigenvalue weighted by molar-refractivity contribution is -0.0739. The van der Waals surface area contributed by atoms with Crippen LogP contribution in [0.4, 0.5) is 0 Å². The number of carbonyl (C=O) groups is 1. The van der Waals surface area contributed by atoms with E-state index in [1.807, 2.05) is 17.9 Å². The zero-order valence-electron chi connectivity index (χ0n) is 15.4. The van der Waals surface area contributed by atoms with Gasteiger partial charge in [0.25, 0.3) is 5.91 Å². The van der Waals surface area contributed by atoms with Gasteiger partial charge in [-0.1, -0.05) is 17.7 Å². The molecule has 5 nitrogen and oxygen atoms in total. The van der Waals surface area contributed by atoms with Crippen LogP contribution < -0.4 is 0 Å². The molecule has 0 unspecified atom stereocenters. The quantitative estimate of drug-likeness (QED) is 0.827. The summed E-state index contributed by atoms with van der Waals surface area (Å²) < 4.78 is 11.4. The van der Waals surface area contributed by atoms with E-state index in [1.165, 1.54) is 5.57 Å². The van der Waals surface area contributed by atoms with Crippen molar-refractivity contribution in [2.24, 2.45) is 5.41 Å². The molecule has 2 atom stereocenters. The van der Waals surface area contributed by atoms with Crippen molar-refractivity contribution in [2.45, 2.75) is 38.6 Å². The van der Waals surface area contributed by atoms with E-state index < -0.39 is 0 Å². The van der Waals surface area contributed by atoms with Gasteiger partial charge in [-0.25, -0.2) is 0 Å². The van der Waals surface area contributed by atoms with Gasteiger partial charge in [0, 0.05) is 24.6 Å². The van der Waals surface area contributed by atoms with Crippen LogP contribution in [0.15, 0.2) is 29.8 Å². The summed E-state index contributed by atoms with van der Waals surface area (Å²) in [5.74, 6) is 0.00893. The Hall–Kier alpha value is -1.85. The van der Waals surface area contributed by atoms with Crippen molar-refractivity contribution in [2.75, 3.05) is 33.0 Å². The molecule has 1 aromatic carbocycles. The second-order valence-corrected chi connectivity index (χ2v) is 7.69. The van der Waals surface area contributed by atoms with Gasteiger partial charge in [0.2, 0.25) is 0 Å². The number of rotatable bonds is 2. The molecule has 5 heteroatoms. The van der Waals surface area contributed by atoms with Crippen LogP contribution in [0.3, 0.4) is 0 Å². The van der Waals surface area contributed by atoms with Gasteiger partial charge in [-0.2, -0.15) is 0 Å². The Bertz CT molecular complexity index is 725. The number of phenolic OH excluding ortho intramolecular Hbond substituents is 1. The van der Waals surface area contributed by atoms with Crippen molar-refractivity contribution in [1.82, 2.24) is 4.90 Å². The summed E-state index contributed by atoms with van der Waals surface area (Å²) in [4.78, 5) is 15.3. The average Bonchev–Trinajstić information content (AvgIpc) is 2.67. The summed E-state index contributed by atoms with van der Waals surface area (Å²) >= 11 is 0. The van der Waals surface area contributed by atoms with Crippen molar-refractivity contribution in [3.8, 4) is 5.75 Å². The van der Waals surface area contributed by atoms with E-state index in [0.717, 1.165) is 44.4 Å². The van der Waals surface area contributed by atoms with Crippen molar-refractivity contribution in [1.29, 1.82) is 0 Å². The number of hydrogen-bond donors (Lipinski definition) is 1. The van der Waals surface area contributed by atoms with Crippen LogP contribution in [0.2, 0.25) is 0 Å². The van der Waals surface area contributed by atoms with E-state index >= 15 is 0 Å². The van der Waals surface area contributed by atoms with Crippen LogP contribution in [0.1, 0.15) is 41.6 Å². The van der Waals surface area contributed by atoms with Crippen LogP contribution in [0.5, 0.6) is 5.75 Å². The molecule has 1 N–H and O–H groups in total. The summed E-state index contributed by atoms with van der Waals surface area (Å²) in [6.07, 6.45) is 5.96. The van der Waals surface area contributed by atoms with Crippen molar-refractivity contribution in [3.05, 3.63) is 41.0 Å². The lowest BCUT2D eigenvalue weighted by Gasteiger charge is -2.54. The number of carbonyl (C=O) groups excluding carboxylic acids is 1. The summed E-state index contributed by atoms with van der Waals surface area (Å²) in [5, 5.41) is 10.3. The van der Waals surface area contributed by atoms with E-state index in [-0.39, 0.29) is 23.1 Å². The van der Waals surface area contributed by atoms with E-state index in [0.29, 0.717) is 25.4 Å². The number of fused-ring (bicyclic) bond motifs is 1. The first-order valence-electron chi connectivity index (χ1n) is 9.57. The molecule has 0 spiro atoms. The maximum Gasteiger partial charge on any atom is 0.257 e. The van der Waals surface area contributed by atoms with Gasteiger partial charge in [0.15, 0.2) is 0 Å².